The van der Waals surface area contributed by atoms with Gasteiger partial charge >= 0.3 is 12.2 Å². The molecule has 3 N–H and O–H groups in total. The molecule has 0 aromatic heterocycles. The maximum absolute atomic E-state index is 12.6. The molecule has 1 fully saturated rings. The molecule has 0 radical (unpaired) electrons. The van der Waals surface area contributed by atoms with Crippen molar-refractivity contribution in [3.05, 3.63) is 59.2 Å². The molecule has 0 bridgehead atoms. The van der Waals surface area contributed by atoms with E-state index < -0.39 is 17.8 Å². The summed E-state index contributed by atoms with van der Waals surface area (Å²) in [6.45, 7) is 3.98. The number of nitrogens with one attached hydrogen (secondary N) is 3. The molecule has 1 unspecified atom stereocenters. The van der Waals surface area contributed by atoms with Gasteiger partial charge in [-0.25, -0.2) is 4.79 Å². The van der Waals surface area contributed by atoms with Gasteiger partial charge < -0.3 is 16.0 Å². The molecule has 29 heavy (non-hydrogen) atoms. The van der Waals surface area contributed by atoms with E-state index in [1.54, 1.807) is 0 Å². The zero-order valence-corrected chi connectivity index (χ0v) is 16.4. The monoisotopic (exact) mass is 426 g/mol. The van der Waals surface area contributed by atoms with Crippen molar-refractivity contribution in [1.82, 2.24) is 10.2 Å². The number of piperazine rings is 1. The van der Waals surface area contributed by atoms with Crippen molar-refractivity contribution >= 4 is 29.8 Å². The topological polar surface area (TPSA) is 56.4 Å². The fraction of sp³-hybridized carbons (Fsp3) is 0.350. The number of hydrogen-bond acceptors (Lipinski definition) is 3. The van der Waals surface area contributed by atoms with E-state index in [1.807, 2.05) is 18.2 Å². The Bertz CT molecular complexity index is 873. The quantitative estimate of drug-likeness (QED) is 0.672. The number of benzene rings is 2. The lowest BCUT2D eigenvalue weighted by Gasteiger charge is -2.41. The number of halogens is 4. The summed E-state index contributed by atoms with van der Waals surface area (Å²) in [5, 5.41) is 8.74. The first-order chi connectivity index (χ1) is 13.4. The Kier molecular flexibility index (Phi) is 6.36. The molecule has 0 saturated carbocycles. The molecule has 2 aromatic rings. The number of urea groups is 1. The summed E-state index contributed by atoms with van der Waals surface area (Å²) in [7, 11) is 0. The van der Waals surface area contributed by atoms with Gasteiger partial charge in [0.25, 0.3) is 0 Å². The van der Waals surface area contributed by atoms with Crippen molar-refractivity contribution < 1.29 is 18.0 Å². The van der Waals surface area contributed by atoms with Gasteiger partial charge in [0.1, 0.15) is 0 Å². The fourth-order valence-electron chi connectivity index (χ4n) is 3.85. The largest absolute Gasteiger partial charge is 0.416 e. The molecule has 0 spiro atoms. The molecule has 2 aromatic carbocycles. The molecular formula is C20H22ClF3N4O. The number of carbonyl (C=O) groups excluding carboxylic acids is 1. The summed E-state index contributed by atoms with van der Waals surface area (Å²) in [6.07, 6.45) is -3.46. The summed E-state index contributed by atoms with van der Waals surface area (Å²) in [4.78, 5) is 14.7. The van der Waals surface area contributed by atoms with Crippen LogP contribution in [0, 0.1) is 0 Å². The highest BCUT2D eigenvalue weighted by atomic mass is 35.5. The third-order valence-corrected chi connectivity index (χ3v) is 5.25. The third kappa shape index (κ3) is 4.83. The molecule has 156 valence electrons. The van der Waals surface area contributed by atoms with Crippen LogP contribution in [0.3, 0.4) is 0 Å². The number of carbonyl (C=O) groups is 1. The third-order valence-electron chi connectivity index (χ3n) is 5.25. The lowest BCUT2D eigenvalue weighted by molar-refractivity contribution is -0.137. The van der Waals surface area contributed by atoms with Crippen molar-refractivity contribution in [2.45, 2.75) is 18.6 Å². The van der Waals surface area contributed by atoms with Crippen LogP contribution >= 0.6 is 12.4 Å². The first-order valence-electron chi connectivity index (χ1n) is 9.23. The Morgan fingerprint density at radius 2 is 1.72 bits per heavy atom. The molecule has 1 atom stereocenters. The van der Waals surface area contributed by atoms with E-state index in [0.29, 0.717) is 17.4 Å². The van der Waals surface area contributed by atoms with Gasteiger partial charge in [0, 0.05) is 43.6 Å². The lowest BCUT2D eigenvalue weighted by Crippen LogP contribution is -2.48. The first-order valence-corrected chi connectivity index (χ1v) is 9.23. The number of rotatable bonds is 2. The van der Waals surface area contributed by atoms with Gasteiger partial charge in [-0.15, -0.1) is 12.4 Å². The Balaban J connectivity index is 0.00000240. The second-order valence-corrected chi connectivity index (χ2v) is 7.07. The maximum Gasteiger partial charge on any atom is 0.416 e. The van der Waals surface area contributed by atoms with Gasteiger partial charge in [-0.1, -0.05) is 6.07 Å². The minimum Gasteiger partial charge on any atom is -0.314 e. The molecule has 2 aliphatic heterocycles. The summed E-state index contributed by atoms with van der Waals surface area (Å²) < 4.78 is 37.8. The van der Waals surface area contributed by atoms with Crippen LogP contribution in [0.2, 0.25) is 0 Å². The number of anilines is 2. The number of alkyl halides is 3. The Morgan fingerprint density at radius 1 is 1.03 bits per heavy atom. The van der Waals surface area contributed by atoms with Gasteiger partial charge in [0.2, 0.25) is 0 Å². The van der Waals surface area contributed by atoms with Crippen LogP contribution in [0.5, 0.6) is 0 Å². The highest BCUT2D eigenvalue weighted by Gasteiger charge is 2.30. The maximum atomic E-state index is 12.6. The molecule has 5 nitrogen and oxygen atoms in total. The number of fused-ring (bicyclic) bond motifs is 3. The SMILES string of the molecule is Cl.O=C(Nc1ccc(C(F)(F)F)cc1)Nc1ccc2c(c1)CCN1CCNCC21. The summed E-state index contributed by atoms with van der Waals surface area (Å²) >= 11 is 0. The van der Waals surface area contributed by atoms with Crippen molar-refractivity contribution in [3.63, 3.8) is 0 Å². The van der Waals surface area contributed by atoms with Crippen molar-refractivity contribution in [3.8, 4) is 0 Å². The summed E-state index contributed by atoms with van der Waals surface area (Å²) in [6, 6.07) is 10.1. The predicted molar refractivity (Wildman–Crippen MR) is 109 cm³/mol. The van der Waals surface area contributed by atoms with Crippen LogP contribution in [-0.2, 0) is 12.6 Å². The van der Waals surface area contributed by atoms with Crippen molar-refractivity contribution in [2.24, 2.45) is 0 Å². The average Bonchev–Trinajstić information content (AvgIpc) is 2.67. The molecule has 2 amide bonds. The summed E-state index contributed by atoms with van der Waals surface area (Å²) in [5.41, 5.74) is 2.72. The molecule has 1 saturated heterocycles. The number of amides is 2. The lowest BCUT2D eigenvalue weighted by atomic mass is 9.91. The minimum absolute atomic E-state index is 0. The van der Waals surface area contributed by atoms with E-state index in [0.717, 1.165) is 44.7 Å². The molecule has 4 rings (SSSR count). The number of nitrogens with zero attached hydrogens (tertiary/aromatic N) is 1. The van der Waals surface area contributed by atoms with Crippen molar-refractivity contribution in [2.75, 3.05) is 36.8 Å². The highest BCUT2D eigenvalue weighted by Crippen LogP contribution is 2.32. The number of hydrogen-bond donors (Lipinski definition) is 3. The van der Waals surface area contributed by atoms with Crippen LogP contribution in [0.1, 0.15) is 22.7 Å². The molecule has 2 heterocycles. The van der Waals surface area contributed by atoms with Crippen LogP contribution in [-0.4, -0.2) is 37.1 Å². The van der Waals surface area contributed by atoms with E-state index in [4.69, 9.17) is 0 Å². The van der Waals surface area contributed by atoms with Crippen molar-refractivity contribution in [1.29, 1.82) is 0 Å². The normalized spacial score (nSPS) is 18.8. The molecular weight excluding hydrogens is 405 g/mol. The van der Waals surface area contributed by atoms with Gasteiger partial charge in [-0.2, -0.15) is 13.2 Å². The van der Waals surface area contributed by atoms with Gasteiger partial charge in [0.15, 0.2) is 0 Å². The van der Waals surface area contributed by atoms with Gasteiger partial charge in [0.05, 0.1) is 5.56 Å². The van der Waals surface area contributed by atoms with Crippen LogP contribution in [0.25, 0.3) is 0 Å². The zero-order valence-electron chi connectivity index (χ0n) is 15.6. The first kappa shape index (κ1) is 21.4. The van der Waals surface area contributed by atoms with E-state index >= 15 is 0 Å². The van der Waals surface area contributed by atoms with Crippen LogP contribution in [0.15, 0.2) is 42.5 Å². The minimum atomic E-state index is -4.40. The van der Waals surface area contributed by atoms with Gasteiger partial charge in [-0.3, -0.25) is 4.90 Å². The Morgan fingerprint density at radius 3 is 2.45 bits per heavy atom. The van der Waals surface area contributed by atoms with Crippen LogP contribution in [0.4, 0.5) is 29.3 Å². The summed E-state index contributed by atoms with van der Waals surface area (Å²) in [5.74, 6) is 0. The van der Waals surface area contributed by atoms with Crippen LogP contribution < -0.4 is 16.0 Å². The smallest absolute Gasteiger partial charge is 0.314 e. The second-order valence-electron chi connectivity index (χ2n) is 7.07. The predicted octanol–water partition coefficient (Wildman–Crippen LogP) is 4.27. The molecule has 9 heteroatoms. The highest BCUT2D eigenvalue weighted by molar-refractivity contribution is 5.99. The average molecular weight is 427 g/mol. The Labute approximate surface area is 173 Å². The second kappa shape index (κ2) is 8.61. The van der Waals surface area contributed by atoms with Gasteiger partial charge in [-0.05, 0) is 53.9 Å². The Hall–Kier alpha value is -2.29. The molecule has 0 aliphatic carbocycles. The fourth-order valence-corrected chi connectivity index (χ4v) is 3.85. The van der Waals surface area contributed by atoms with E-state index in [-0.39, 0.29) is 12.4 Å². The zero-order chi connectivity index (χ0) is 19.7. The van der Waals surface area contributed by atoms with E-state index in [1.165, 1.54) is 23.3 Å². The van der Waals surface area contributed by atoms with E-state index in [2.05, 4.69) is 20.9 Å². The standard InChI is InChI=1S/C20H21F3N4O.ClH/c21-20(22,23)14-1-3-15(4-2-14)25-19(28)26-16-5-6-17-13(11-16)7-9-27-10-8-24-12-18(17)27;/h1-6,11,18,24H,7-10,12H2,(H2,25,26,28);1H. The molecule has 2 aliphatic rings. The van der Waals surface area contributed by atoms with E-state index in [9.17, 15) is 18.0 Å².